The Morgan fingerprint density at radius 1 is 0.780 bits per heavy atom. The fraction of sp³-hybridized carbons (Fsp3) is 0.233. The van der Waals surface area contributed by atoms with Crippen LogP contribution in [0.1, 0.15) is 43.0 Å². The lowest BCUT2D eigenvalue weighted by Crippen LogP contribution is -2.11. The highest BCUT2D eigenvalue weighted by Crippen LogP contribution is 2.26. The lowest BCUT2D eigenvalue weighted by molar-refractivity contribution is -0.138. The van der Waals surface area contributed by atoms with Gasteiger partial charge in [-0.05, 0) is 86.3 Å². The van der Waals surface area contributed by atoms with Gasteiger partial charge in [0.25, 0.3) is 0 Å². The summed E-state index contributed by atoms with van der Waals surface area (Å²) in [5.41, 5.74) is -0.309. The quantitative estimate of drug-likeness (QED) is 0.105. The van der Waals surface area contributed by atoms with E-state index in [0.29, 0.717) is 19.6 Å². The first-order valence-corrected chi connectivity index (χ1v) is 14.2. The van der Waals surface area contributed by atoms with E-state index in [2.05, 4.69) is 6.58 Å². The summed E-state index contributed by atoms with van der Waals surface area (Å²) >= 11 is 0. The number of benzene rings is 3. The molecule has 0 fully saturated rings. The summed E-state index contributed by atoms with van der Waals surface area (Å²) in [7, 11) is -3.89. The number of carbonyl (C=O) groups is 3. The van der Waals surface area contributed by atoms with Crippen LogP contribution < -0.4 is 14.2 Å². The maximum atomic E-state index is 14.6. The van der Waals surface area contributed by atoms with Gasteiger partial charge in [0.15, 0.2) is 0 Å². The molecule has 3 aromatic carbocycles. The molecule has 0 heterocycles. The van der Waals surface area contributed by atoms with E-state index in [1.807, 2.05) is 0 Å². The summed E-state index contributed by atoms with van der Waals surface area (Å²) in [6.45, 7) is 5.23. The molecular formula is C30H29FO9S. The van der Waals surface area contributed by atoms with E-state index in [-0.39, 0.29) is 32.6 Å². The van der Waals surface area contributed by atoms with Crippen molar-refractivity contribution in [1.82, 2.24) is 0 Å². The van der Waals surface area contributed by atoms with Crippen LogP contribution in [0.15, 0.2) is 89.2 Å². The molecule has 9 nitrogen and oxygen atoms in total. The van der Waals surface area contributed by atoms with E-state index in [0.717, 1.165) is 31.4 Å². The standard InChI is InChI=1S/C30H29FO9S/c1-3-29(33)38-19-7-5-4-6-18-37-24-12-17-27(28(31)20-24)30(34)40-23-10-15-26(16-11-23)41(35,36)25-13-8-22(9-14-25)39-21(2)32/h3,8-17,20H,1,4-7,18-19H2,2H3. The van der Waals surface area contributed by atoms with Crippen LogP contribution in [-0.4, -0.2) is 39.5 Å². The number of ether oxygens (including phenoxy) is 4. The van der Waals surface area contributed by atoms with Gasteiger partial charge in [-0.15, -0.1) is 0 Å². The van der Waals surface area contributed by atoms with Crippen LogP contribution in [0.2, 0.25) is 0 Å². The van der Waals surface area contributed by atoms with Gasteiger partial charge < -0.3 is 18.9 Å². The van der Waals surface area contributed by atoms with Crippen LogP contribution in [0.5, 0.6) is 17.2 Å². The van der Waals surface area contributed by atoms with Crippen molar-refractivity contribution in [1.29, 1.82) is 0 Å². The highest BCUT2D eigenvalue weighted by molar-refractivity contribution is 7.91. The van der Waals surface area contributed by atoms with Gasteiger partial charge in [0.2, 0.25) is 9.84 Å². The van der Waals surface area contributed by atoms with Gasteiger partial charge in [0.1, 0.15) is 23.1 Å². The van der Waals surface area contributed by atoms with Crippen LogP contribution in [0, 0.1) is 5.82 Å². The number of sulfone groups is 1. The zero-order valence-corrected chi connectivity index (χ0v) is 23.2. The zero-order chi connectivity index (χ0) is 29.8. The molecule has 0 N–H and O–H groups in total. The van der Waals surface area contributed by atoms with Crippen LogP contribution in [-0.2, 0) is 24.2 Å². The maximum absolute atomic E-state index is 14.6. The van der Waals surface area contributed by atoms with Crippen LogP contribution >= 0.6 is 0 Å². The van der Waals surface area contributed by atoms with Gasteiger partial charge in [-0.25, -0.2) is 22.4 Å². The summed E-state index contributed by atoms with van der Waals surface area (Å²) in [6.07, 6.45) is 4.22. The minimum atomic E-state index is -3.89. The Kier molecular flexibility index (Phi) is 11.2. The molecule has 0 aliphatic heterocycles. The molecule has 0 aromatic heterocycles. The molecule has 0 aliphatic carbocycles. The second-order valence-corrected chi connectivity index (χ2v) is 10.7. The summed E-state index contributed by atoms with van der Waals surface area (Å²) in [6, 6.07) is 14.2. The molecule has 0 amide bonds. The summed E-state index contributed by atoms with van der Waals surface area (Å²) in [4.78, 5) is 34.4. The molecule has 3 rings (SSSR count). The van der Waals surface area contributed by atoms with Crippen molar-refractivity contribution in [2.45, 2.75) is 42.4 Å². The van der Waals surface area contributed by atoms with Gasteiger partial charge in [0.05, 0.1) is 28.6 Å². The van der Waals surface area contributed by atoms with Gasteiger partial charge in [0, 0.05) is 19.1 Å². The third-order valence-corrected chi connectivity index (χ3v) is 7.40. The van der Waals surface area contributed by atoms with Gasteiger partial charge in [-0.3, -0.25) is 4.79 Å². The molecule has 3 aromatic rings. The predicted molar refractivity (Wildman–Crippen MR) is 146 cm³/mol. The van der Waals surface area contributed by atoms with Crippen molar-refractivity contribution in [3.05, 3.63) is 90.8 Å². The Balaban J connectivity index is 1.50. The minimum Gasteiger partial charge on any atom is -0.493 e. The highest BCUT2D eigenvalue weighted by atomic mass is 32.2. The molecule has 0 spiro atoms. The third kappa shape index (κ3) is 9.28. The number of esters is 3. The SMILES string of the molecule is C=CC(=O)OCCCCCCOc1ccc(C(=O)Oc2ccc(S(=O)(=O)c3ccc(OC(C)=O)cc3)cc2)c(F)c1. The Morgan fingerprint density at radius 3 is 1.85 bits per heavy atom. The van der Waals surface area contributed by atoms with E-state index in [1.54, 1.807) is 0 Å². The van der Waals surface area contributed by atoms with Crippen molar-refractivity contribution in [2.24, 2.45) is 0 Å². The molecule has 11 heteroatoms. The Morgan fingerprint density at radius 2 is 1.32 bits per heavy atom. The molecule has 0 saturated heterocycles. The Bertz CT molecular complexity index is 1480. The van der Waals surface area contributed by atoms with Crippen molar-refractivity contribution >= 4 is 27.7 Å². The number of hydrogen-bond donors (Lipinski definition) is 0. The van der Waals surface area contributed by atoms with Crippen LogP contribution in [0.3, 0.4) is 0 Å². The predicted octanol–water partition coefficient (Wildman–Crippen LogP) is 5.47. The van der Waals surface area contributed by atoms with Crippen molar-refractivity contribution in [3.63, 3.8) is 0 Å². The monoisotopic (exact) mass is 584 g/mol. The topological polar surface area (TPSA) is 122 Å². The average molecular weight is 585 g/mol. The maximum Gasteiger partial charge on any atom is 0.346 e. The fourth-order valence-electron chi connectivity index (χ4n) is 3.57. The molecule has 0 saturated carbocycles. The van der Waals surface area contributed by atoms with Crippen LogP contribution in [0.25, 0.3) is 0 Å². The van der Waals surface area contributed by atoms with Crippen molar-refractivity contribution < 1.29 is 46.1 Å². The van der Waals surface area contributed by atoms with E-state index < -0.39 is 33.6 Å². The summed E-state index contributed by atoms with van der Waals surface area (Å²) < 4.78 is 60.9. The number of carbonyl (C=O) groups excluding carboxylic acids is 3. The average Bonchev–Trinajstić information content (AvgIpc) is 2.94. The fourth-order valence-corrected chi connectivity index (χ4v) is 4.83. The molecule has 0 unspecified atom stereocenters. The van der Waals surface area contributed by atoms with Gasteiger partial charge >= 0.3 is 17.9 Å². The normalized spacial score (nSPS) is 10.9. The van der Waals surface area contributed by atoms with Crippen molar-refractivity contribution in [3.8, 4) is 17.2 Å². The van der Waals surface area contributed by atoms with E-state index in [1.165, 1.54) is 67.6 Å². The molecule has 0 atom stereocenters. The lowest BCUT2D eigenvalue weighted by atomic mass is 10.2. The van der Waals surface area contributed by atoms with E-state index in [4.69, 9.17) is 18.9 Å². The number of unbranched alkanes of at least 4 members (excludes halogenated alkanes) is 3. The first-order chi connectivity index (χ1) is 19.6. The molecule has 0 aliphatic rings. The highest BCUT2D eigenvalue weighted by Gasteiger charge is 2.19. The van der Waals surface area contributed by atoms with E-state index >= 15 is 0 Å². The molecule has 0 bridgehead atoms. The molecular weight excluding hydrogens is 555 g/mol. The first-order valence-electron chi connectivity index (χ1n) is 12.7. The Hall–Kier alpha value is -4.51. The lowest BCUT2D eigenvalue weighted by Gasteiger charge is -2.10. The van der Waals surface area contributed by atoms with Crippen LogP contribution in [0.4, 0.5) is 4.39 Å². The largest absolute Gasteiger partial charge is 0.493 e. The number of rotatable bonds is 14. The zero-order valence-electron chi connectivity index (χ0n) is 22.3. The molecule has 216 valence electrons. The molecule has 41 heavy (non-hydrogen) atoms. The first kappa shape index (κ1) is 31.0. The van der Waals surface area contributed by atoms with Gasteiger partial charge in [-0.1, -0.05) is 6.58 Å². The number of hydrogen-bond acceptors (Lipinski definition) is 9. The minimum absolute atomic E-state index is 0.0194. The van der Waals surface area contributed by atoms with E-state index in [9.17, 15) is 27.2 Å². The second kappa shape index (κ2) is 14.8. The molecule has 0 radical (unpaired) electrons. The third-order valence-electron chi connectivity index (χ3n) is 5.62. The second-order valence-electron chi connectivity index (χ2n) is 8.71. The summed E-state index contributed by atoms with van der Waals surface area (Å²) in [5, 5.41) is 0. The van der Waals surface area contributed by atoms with Gasteiger partial charge in [-0.2, -0.15) is 0 Å². The Labute approximate surface area is 237 Å². The number of halogens is 1. The van der Waals surface area contributed by atoms with Crippen molar-refractivity contribution in [2.75, 3.05) is 13.2 Å². The summed E-state index contributed by atoms with van der Waals surface area (Å²) in [5.74, 6) is -2.26. The smallest absolute Gasteiger partial charge is 0.346 e.